The van der Waals surface area contributed by atoms with Crippen LogP contribution in [0.15, 0.2) is 0 Å². The van der Waals surface area contributed by atoms with Crippen molar-refractivity contribution in [1.29, 1.82) is 0 Å². The maximum absolute atomic E-state index is 13.1. The zero-order valence-corrected chi connectivity index (χ0v) is 41.0. The van der Waals surface area contributed by atoms with Gasteiger partial charge in [0.25, 0.3) is 0 Å². The number of amides is 1. The van der Waals surface area contributed by atoms with Crippen LogP contribution >= 0.6 is 23.5 Å². The first-order chi connectivity index (χ1) is 29.6. The Morgan fingerprint density at radius 3 is 1.49 bits per heavy atom. The minimum absolute atomic E-state index is 0.00235. The zero-order chi connectivity index (χ0) is 45.2. The highest BCUT2D eigenvalue weighted by molar-refractivity contribution is 8.17. The van der Waals surface area contributed by atoms with Crippen molar-refractivity contribution in [2.75, 3.05) is 51.5 Å². The summed E-state index contributed by atoms with van der Waals surface area (Å²) in [5, 5.41) is 8.83. The molecule has 0 fully saturated rings. The molecule has 0 aromatic carbocycles. The fourth-order valence-corrected chi connectivity index (χ4v) is 9.76. The first-order valence-electron chi connectivity index (χ1n) is 24.3. The largest absolute Gasteiger partial charge is 0.480 e. The van der Waals surface area contributed by atoms with Crippen LogP contribution in [-0.2, 0) is 42.9 Å². The Hall–Kier alpha value is -1.99. The van der Waals surface area contributed by atoms with E-state index in [0.29, 0.717) is 44.6 Å². The van der Waals surface area contributed by atoms with E-state index < -0.39 is 31.1 Å². The summed E-state index contributed by atoms with van der Waals surface area (Å²) in [5.41, 5.74) is 0. The summed E-state index contributed by atoms with van der Waals surface area (Å²) < 4.78 is 21.9. The van der Waals surface area contributed by atoms with E-state index in [0.717, 1.165) is 69.3 Å². The molecule has 0 aliphatic carbocycles. The minimum atomic E-state index is -1.16. The normalized spacial score (nSPS) is 11.9. The van der Waals surface area contributed by atoms with Crippen LogP contribution in [0.25, 0.3) is 0 Å². The van der Waals surface area contributed by atoms with Gasteiger partial charge in [0.2, 0.25) is 5.91 Å². The Balaban J connectivity index is 4.71. The summed E-state index contributed by atoms with van der Waals surface area (Å²) in [7, 11) is 1.69. The average Bonchev–Trinajstić information content (AvgIpc) is 3.22. The van der Waals surface area contributed by atoms with Crippen molar-refractivity contribution in [3.63, 3.8) is 0 Å². The van der Waals surface area contributed by atoms with Gasteiger partial charge in [0, 0.05) is 13.5 Å². The van der Waals surface area contributed by atoms with E-state index in [9.17, 15) is 24.0 Å². The van der Waals surface area contributed by atoms with Crippen LogP contribution in [0, 0.1) is 5.92 Å². The highest BCUT2D eigenvalue weighted by Gasteiger charge is 2.20. The van der Waals surface area contributed by atoms with Crippen molar-refractivity contribution in [2.24, 2.45) is 5.92 Å². The molecular weight excluding hydrogens is 815 g/mol. The number of carboxylic acids is 1. The maximum atomic E-state index is 13.1. The molecular formula is C48H89NO10S2. The van der Waals surface area contributed by atoms with E-state index in [2.05, 4.69) is 27.7 Å². The summed E-state index contributed by atoms with van der Waals surface area (Å²) in [6, 6.07) is 0. The minimum Gasteiger partial charge on any atom is -0.480 e. The molecule has 0 bridgehead atoms. The van der Waals surface area contributed by atoms with Gasteiger partial charge in [-0.1, -0.05) is 118 Å². The number of carbonyl (C=O) groups is 5. The quantitative estimate of drug-likeness (QED) is 0.0269. The molecule has 0 radical (unpaired) electrons. The topological polar surface area (TPSA) is 146 Å². The number of hydrogen-bond donors (Lipinski definition) is 1. The molecule has 0 saturated heterocycles. The molecule has 0 rings (SSSR count). The lowest BCUT2D eigenvalue weighted by Gasteiger charge is -2.21. The van der Waals surface area contributed by atoms with Crippen LogP contribution in [-0.4, -0.2) is 102 Å². The number of thioether (sulfide) groups is 2. The van der Waals surface area contributed by atoms with E-state index in [-0.39, 0.29) is 35.7 Å². The van der Waals surface area contributed by atoms with Crippen LogP contribution in [0.2, 0.25) is 0 Å². The Labute approximate surface area is 380 Å². The number of unbranched alkanes of at least 4 members (excludes halogenated alkanes) is 16. The molecule has 1 N–H and O–H groups in total. The van der Waals surface area contributed by atoms with Crippen LogP contribution in [0.1, 0.15) is 207 Å². The van der Waals surface area contributed by atoms with Crippen molar-refractivity contribution in [3.05, 3.63) is 0 Å². The third-order valence-electron chi connectivity index (χ3n) is 10.7. The van der Waals surface area contributed by atoms with Gasteiger partial charge in [-0.05, 0) is 94.5 Å². The van der Waals surface area contributed by atoms with Gasteiger partial charge in [-0.3, -0.25) is 14.4 Å². The molecule has 13 heteroatoms. The second kappa shape index (κ2) is 43.3. The fourth-order valence-electron chi connectivity index (χ4n) is 7.02. The molecule has 1 amide bonds. The first kappa shape index (κ1) is 59.0. The number of esters is 3. The van der Waals surface area contributed by atoms with Gasteiger partial charge >= 0.3 is 23.9 Å². The summed E-state index contributed by atoms with van der Waals surface area (Å²) in [4.78, 5) is 63.1. The van der Waals surface area contributed by atoms with Crippen molar-refractivity contribution >= 4 is 53.3 Å². The Morgan fingerprint density at radius 1 is 0.525 bits per heavy atom. The van der Waals surface area contributed by atoms with Crippen molar-refractivity contribution in [2.45, 2.75) is 218 Å². The molecule has 0 aliphatic rings. The standard InChI is InChI=1S/C48H89NO10S2/c1-6-10-14-16-20-28-41(29-21-17-15-11-7-2)36-43(50)49(5)38-46(54)58-33-25-19-23-31-42(59-47(55)40-56-39-44(51)52)30-22-18-24-32-57-45(53)37-48(60-34-26-12-8-3)61-35-27-13-9-4/h41-42,48H,6-40H2,1-5H3,(H,51,52). The van der Waals surface area contributed by atoms with Crippen molar-refractivity contribution in [1.82, 2.24) is 4.90 Å². The Bertz CT molecular complexity index is 1070. The number of rotatable bonds is 45. The fraction of sp³-hybridized carbons (Fsp3) is 0.896. The van der Waals surface area contributed by atoms with Gasteiger partial charge in [-0.2, -0.15) is 0 Å². The summed E-state index contributed by atoms with van der Waals surface area (Å²) in [6.45, 7) is 8.39. The predicted octanol–water partition coefficient (Wildman–Crippen LogP) is 12.0. The van der Waals surface area contributed by atoms with Crippen LogP contribution in [0.3, 0.4) is 0 Å². The second-order valence-electron chi connectivity index (χ2n) is 16.7. The average molecular weight is 904 g/mol. The van der Waals surface area contributed by atoms with Gasteiger partial charge in [0.1, 0.15) is 25.9 Å². The lowest BCUT2D eigenvalue weighted by atomic mass is 9.91. The number of carbonyl (C=O) groups excluding carboxylic acids is 4. The summed E-state index contributed by atoms with van der Waals surface area (Å²) >= 11 is 3.76. The van der Waals surface area contributed by atoms with Gasteiger partial charge in [0.15, 0.2) is 0 Å². The zero-order valence-electron chi connectivity index (χ0n) is 39.4. The Kier molecular flexibility index (Phi) is 41.9. The monoisotopic (exact) mass is 904 g/mol. The molecule has 1 atom stereocenters. The SMILES string of the molecule is CCCCCCCC(CCCCCCC)CC(=O)N(C)CC(=O)OCCCCCC(CCCCCOC(=O)CC(SCCCCC)SCCCCC)OC(=O)COCC(=O)O. The Morgan fingerprint density at radius 2 is 0.984 bits per heavy atom. The third kappa shape index (κ3) is 39.3. The number of ether oxygens (including phenoxy) is 4. The van der Waals surface area contributed by atoms with Crippen LogP contribution in [0.4, 0.5) is 0 Å². The number of aliphatic carboxylic acids is 1. The first-order valence-corrected chi connectivity index (χ1v) is 26.4. The van der Waals surface area contributed by atoms with E-state index in [1.54, 1.807) is 7.05 Å². The molecule has 0 saturated carbocycles. The van der Waals surface area contributed by atoms with Gasteiger partial charge in [-0.15, -0.1) is 23.5 Å². The van der Waals surface area contributed by atoms with Crippen LogP contribution in [0.5, 0.6) is 0 Å². The highest BCUT2D eigenvalue weighted by Crippen LogP contribution is 2.29. The van der Waals surface area contributed by atoms with Crippen molar-refractivity contribution in [3.8, 4) is 0 Å². The van der Waals surface area contributed by atoms with Crippen molar-refractivity contribution < 1.29 is 48.0 Å². The summed E-state index contributed by atoms with van der Waals surface area (Å²) in [5.74, 6) is 0.177. The van der Waals surface area contributed by atoms with E-state index in [1.807, 2.05) is 23.5 Å². The lowest BCUT2D eigenvalue weighted by Crippen LogP contribution is -2.34. The van der Waals surface area contributed by atoms with E-state index in [4.69, 9.17) is 24.1 Å². The predicted molar refractivity (Wildman–Crippen MR) is 252 cm³/mol. The van der Waals surface area contributed by atoms with Crippen LogP contribution < -0.4 is 0 Å². The third-order valence-corrected chi connectivity index (χ3v) is 13.7. The molecule has 358 valence electrons. The number of hydrogen-bond acceptors (Lipinski definition) is 11. The molecule has 0 heterocycles. The molecule has 61 heavy (non-hydrogen) atoms. The van der Waals surface area contributed by atoms with Gasteiger partial charge < -0.3 is 29.0 Å². The van der Waals surface area contributed by atoms with Gasteiger partial charge in [0.05, 0.1) is 24.2 Å². The smallest absolute Gasteiger partial charge is 0.332 e. The molecule has 1 unspecified atom stereocenters. The number of nitrogens with zero attached hydrogens (tertiary/aromatic N) is 1. The maximum Gasteiger partial charge on any atom is 0.332 e. The molecule has 0 aliphatic heterocycles. The molecule has 0 spiro atoms. The summed E-state index contributed by atoms with van der Waals surface area (Å²) in [6.07, 6.45) is 27.7. The van der Waals surface area contributed by atoms with E-state index >= 15 is 0 Å². The lowest BCUT2D eigenvalue weighted by molar-refractivity contribution is -0.158. The number of likely N-dealkylation sites (N-methyl/N-ethyl adjacent to an activating group) is 1. The van der Waals surface area contributed by atoms with E-state index in [1.165, 1.54) is 94.8 Å². The highest BCUT2D eigenvalue weighted by atomic mass is 32.2. The van der Waals surface area contributed by atoms with Gasteiger partial charge in [-0.25, -0.2) is 9.59 Å². The molecule has 0 aromatic heterocycles. The molecule has 11 nitrogen and oxygen atoms in total. The molecule has 0 aromatic rings. The second-order valence-corrected chi connectivity index (χ2v) is 19.6. The number of carboxylic acid groups (broad SMARTS) is 1.